The fourth-order valence-electron chi connectivity index (χ4n) is 1.98. The number of hydrogen-bond donors (Lipinski definition) is 2. The van der Waals surface area contributed by atoms with Crippen molar-refractivity contribution in [3.63, 3.8) is 0 Å². The smallest absolute Gasteiger partial charge is 0.152 e. The van der Waals surface area contributed by atoms with Crippen molar-refractivity contribution >= 4 is 44.3 Å². The number of rotatable bonds is 3. The van der Waals surface area contributed by atoms with E-state index in [-0.39, 0.29) is 22.5 Å². The Labute approximate surface area is 116 Å². The first kappa shape index (κ1) is 13.6. The Bertz CT molecular complexity index is 587. The molecule has 1 atom stereocenters. The van der Waals surface area contributed by atoms with E-state index < -0.39 is 9.84 Å². The molecule has 0 amide bonds. The highest BCUT2D eigenvalue weighted by atomic mass is 35.5. The average Bonchev–Trinajstić information content (AvgIpc) is 2.57. The van der Waals surface area contributed by atoms with Crippen molar-refractivity contribution in [1.82, 2.24) is 0 Å². The molecule has 7 heteroatoms. The first-order chi connectivity index (χ1) is 8.37. The van der Waals surface area contributed by atoms with Gasteiger partial charge in [0.15, 0.2) is 9.84 Å². The summed E-state index contributed by atoms with van der Waals surface area (Å²) >= 11 is 10.9. The maximum absolute atomic E-state index is 11.4. The predicted octanol–water partition coefficient (Wildman–Crippen LogP) is 1.57. The zero-order valence-corrected chi connectivity index (χ0v) is 11.9. The van der Waals surface area contributed by atoms with E-state index in [1.54, 1.807) is 18.2 Å². The number of anilines is 1. The van der Waals surface area contributed by atoms with Crippen LogP contribution in [0.1, 0.15) is 12.0 Å². The summed E-state index contributed by atoms with van der Waals surface area (Å²) in [5.74, 6) is 0.351. The van der Waals surface area contributed by atoms with Crippen LogP contribution in [0, 0.1) is 0 Å². The van der Waals surface area contributed by atoms with E-state index in [4.69, 9.17) is 29.6 Å². The highest BCUT2D eigenvalue weighted by molar-refractivity contribution is 7.91. The molecule has 3 N–H and O–H groups in total. The van der Waals surface area contributed by atoms with Crippen LogP contribution >= 0.6 is 23.8 Å². The molecule has 18 heavy (non-hydrogen) atoms. The molecule has 1 aromatic carbocycles. The van der Waals surface area contributed by atoms with Crippen LogP contribution in [0.5, 0.6) is 0 Å². The minimum Gasteiger partial charge on any atom is -0.389 e. The van der Waals surface area contributed by atoms with Crippen molar-refractivity contribution in [3.8, 4) is 0 Å². The molecule has 1 unspecified atom stereocenters. The van der Waals surface area contributed by atoms with Crippen LogP contribution < -0.4 is 11.1 Å². The van der Waals surface area contributed by atoms with E-state index in [9.17, 15) is 8.42 Å². The Morgan fingerprint density at radius 1 is 1.50 bits per heavy atom. The van der Waals surface area contributed by atoms with Crippen LogP contribution in [0.4, 0.5) is 5.69 Å². The van der Waals surface area contributed by atoms with Gasteiger partial charge in [0.1, 0.15) is 4.99 Å². The van der Waals surface area contributed by atoms with Gasteiger partial charge in [-0.1, -0.05) is 23.8 Å². The highest BCUT2D eigenvalue weighted by Crippen LogP contribution is 2.24. The monoisotopic (exact) mass is 304 g/mol. The van der Waals surface area contributed by atoms with Crippen molar-refractivity contribution in [2.45, 2.75) is 12.5 Å². The molecule has 1 aliphatic heterocycles. The van der Waals surface area contributed by atoms with Gasteiger partial charge in [-0.05, 0) is 24.6 Å². The van der Waals surface area contributed by atoms with Gasteiger partial charge in [0.05, 0.1) is 11.5 Å². The van der Waals surface area contributed by atoms with E-state index >= 15 is 0 Å². The highest BCUT2D eigenvalue weighted by Gasteiger charge is 2.28. The molecule has 1 saturated heterocycles. The standard InChI is InChI=1S/C11H13ClN2O2S2/c12-7-1-2-9(11(13)17)10(5-7)14-8-3-4-18(15,16)6-8/h1-2,5,8,14H,3-4,6H2,(H2,13,17). The van der Waals surface area contributed by atoms with Crippen LogP contribution in [0.2, 0.25) is 5.02 Å². The van der Waals surface area contributed by atoms with E-state index in [0.717, 1.165) is 0 Å². The molecule has 0 aromatic heterocycles. The summed E-state index contributed by atoms with van der Waals surface area (Å²) in [5, 5.41) is 3.71. The van der Waals surface area contributed by atoms with Crippen molar-refractivity contribution in [2.24, 2.45) is 5.73 Å². The van der Waals surface area contributed by atoms with E-state index in [1.807, 2.05) is 0 Å². The third-order valence-corrected chi connectivity index (χ3v) is 5.06. The van der Waals surface area contributed by atoms with Gasteiger partial charge in [-0.3, -0.25) is 0 Å². The van der Waals surface area contributed by atoms with Gasteiger partial charge >= 0.3 is 0 Å². The number of halogens is 1. The van der Waals surface area contributed by atoms with Crippen LogP contribution in [-0.2, 0) is 9.84 Å². The van der Waals surface area contributed by atoms with Crippen molar-refractivity contribution in [2.75, 3.05) is 16.8 Å². The molecule has 1 aliphatic rings. The molecule has 1 fully saturated rings. The summed E-state index contributed by atoms with van der Waals surface area (Å²) in [5.41, 5.74) is 6.99. The van der Waals surface area contributed by atoms with Gasteiger partial charge in [0.2, 0.25) is 0 Å². The molecule has 0 saturated carbocycles. The second kappa shape index (κ2) is 5.03. The molecule has 98 valence electrons. The normalized spacial score (nSPS) is 21.7. The molecule has 0 radical (unpaired) electrons. The molecule has 0 bridgehead atoms. The average molecular weight is 305 g/mol. The zero-order chi connectivity index (χ0) is 13.3. The topological polar surface area (TPSA) is 72.2 Å². The lowest BCUT2D eigenvalue weighted by Crippen LogP contribution is -2.23. The Morgan fingerprint density at radius 3 is 2.78 bits per heavy atom. The largest absolute Gasteiger partial charge is 0.389 e. The molecule has 0 aliphatic carbocycles. The summed E-state index contributed by atoms with van der Waals surface area (Å²) in [7, 11) is -2.92. The Morgan fingerprint density at radius 2 is 2.22 bits per heavy atom. The van der Waals surface area contributed by atoms with Gasteiger partial charge in [-0.2, -0.15) is 0 Å². The first-order valence-corrected chi connectivity index (χ1v) is 8.04. The third-order valence-electron chi connectivity index (χ3n) is 2.84. The minimum absolute atomic E-state index is 0.110. The Balaban J connectivity index is 2.23. The van der Waals surface area contributed by atoms with Crippen molar-refractivity contribution < 1.29 is 8.42 Å². The predicted molar refractivity (Wildman–Crippen MR) is 78.0 cm³/mol. The van der Waals surface area contributed by atoms with Gasteiger partial charge in [0, 0.05) is 22.3 Å². The minimum atomic E-state index is -2.92. The second-order valence-electron chi connectivity index (χ2n) is 4.30. The van der Waals surface area contributed by atoms with Gasteiger partial charge in [-0.25, -0.2) is 8.42 Å². The van der Waals surface area contributed by atoms with Gasteiger partial charge < -0.3 is 11.1 Å². The maximum atomic E-state index is 11.4. The molecule has 1 heterocycles. The molecule has 1 aromatic rings. The fraction of sp³-hybridized carbons (Fsp3) is 0.364. The van der Waals surface area contributed by atoms with Crippen LogP contribution in [0.15, 0.2) is 18.2 Å². The molecule has 4 nitrogen and oxygen atoms in total. The first-order valence-electron chi connectivity index (χ1n) is 5.44. The quantitative estimate of drug-likeness (QED) is 0.830. The number of nitrogens with one attached hydrogen (secondary N) is 1. The molecular weight excluding hydrogens is 292 g/mol. The van der Waals surface area contributed by atoms with Crippen LogP contribution in [0.3, 0.4) is 0 Å². The lowest BCUT2D eigenvalue weighted by molar-refractivity contribution is 0.602. The summed E-state index contributed by atoms with van der Waals surface area (Å²) in [6.45, 7) is 0. The molecule has 2 rings (SSSR count). The van der Waals surface area contributed by atoms with E-state index in [0.29, 0.717) is 22.7 Å². The molecule has 0 spiro atoms. The lowest BCUT2D eigenvalue weighted by atomic mass is 10.1. The number of thiocarbonyl (C=S) groups is 1. The summed E-state index contributed by atoms with van der Waals surface area (Å²) in [6, 6.07) is 5.03. The SMILES string of the molecule is NC(=S)c1ccc(Cl)cc1NC1CCS(=O)(=O)C1. The lowest BCUT2D eigenvalue weighted by Gasteiger charge is -2.16. The third kappa shape index (κ3) is 3.13. The van der Waals surface area contributed by atoms with Crippen molar-refractivity contribution in [3.05, 3.63) is 28.8 Å². The molecular formula is C11H13ClN2O2S2. The Kier molecular flexibility index (Phi) is 3.79. The van der Waals surface area contributed by atoms with Crippen molar-refractivity contribution in [1.29, 1.82) is 0 Å². The number of sulfone groups is 1. The number of hydrogen-bond acceptors (Lipinski definition) is 4. The zero-order valence-electron chi connectivity index (χ0n) is 9.52. The maximum Gasteiger partial charge on any atom is 0.152 e. The second-order valence-corrected chi connectivity index (χ2v) is 7.40. The Hall–Kier alpha value is -0.850. The van der Waals surface area contributed by atoms with E-state index in [2.05, 4.69) is 5.32 Å². The number of benzene rings is 1. The van der Waals surface area contributed by atoms with Crippen LogP contribution in [0.25, 0.3) is 0 Å². The number of nitrogens with two attached hydrogens (primary N) is 1. The summed E-state index contributed by atoms with van der Waals surface area (Å²) in [6.07, 6.45) is 0.589. The van der Waals surface area contributed by atoms with Gasteiger partial charge in [-0.15, -0.1) is 0 Å². The van der Waals surface area contributed by atoms with E-state index in [1.165, 1.54) is 0 Å². The summed E-state index contributed by atoms with van der Waals surface area (Å²) in [4.78, 5) is 0.259. The fourth-order valence-corrected chi connectivity index (χ4v) is 4.00. The van der Waals surface area contributed by atoms with Crippen LogP contribution in [-0.4, -0.2) is 31.0 Å². The summed E-state index contributed by atoms with van der Waals surface area (Å²) < 4.78 is 22.8. The van der Waals surface area contributed by atoms with Gasteiger partial charge in [0.25, 0.3) is 0 Å².